The zero-order valence-corrected chi connectivity index (χ0v) is 16.1. The number of benzene rings is 1. The van der Waals surface area contributed by atoms with Crippen molar-refractivity contribution >= 4 is 17.6 Å². The molecule has 1 spiro atoms. The summed E-state index contributed by atoms with van der Waals surface area (Å²) in [4.78, 5) is 39.3. The zero-order valence-electron chi connectivity index (χ0n) is 16.1. The van der Waals surface area contributed by atoms with E-state index in [0.717, 1.165) is 13.0 Å². The number of nitrogens with zero attached hydrogens (tertiary/aromatic N) is 3. The van der Waals surface area contributed by atoms with Crippen LogP contribution >= 0.6 is 0 Å². The van der Waals surface area contributed by atoms with Crippen LogP contribution in [0.3, 0.4) is 0 Å². The average molecular weight is 391 g/mol. The second kappa shape index (κ2) is 7.84. The predicted molar refractivity (Wildman–Crippen MR) is 100 cm³/mol. The zero-order chi connectivity index (χ0) is 20.5. The maximum Gasteiger partial charge on any atom is 0.328 e. The lowest BCUT2D eigenvalue weighted by Crippen LogP contribution is -2.58. The molecule has 1 aromatic rings. The fourth-order valence-corrected chi connectivity index (χ4v) is 4.08. The topological polar surface area (TPSA) is 113 Å². The normalized spacial score (nSPS) is 21.8. The Morgan fingerprint density at radius 1 is 1.36 bits per heavy atom. The molecule has 0 aromatic heterocycles. The fourth-order valence-electron chi connectivity index (χ4n) is 4.08. The molecule has 2 heterocycles. The third-order valence-corrected chi connectivity index (χ3v) is 5.59. The fraction of sp³-hybridized carbons (Fsp3) is 0.579. The van der Waals surface area contributed by atoms with E-state index < -0.39 is 28.6 Å². The molecular weight excluding hydrogens is 366 g/mol. The Morgan fingerprint density at radius 2 is 2.04 bits per heavy atom. The molecule has 0 saturated carbocycles. The van der Waals surface area contributed by atoms with Gasteiger partial charge < -0.3 is 14.7 Å². The highest BCUT2D eigenvalue weighted by Gasteiger charge is 2.54. The summed E-state index contributed by atoms with van der Waals surface area (Å²) in [6.07, 6.45) is 2.04. The van der Waals surface area contributed by atoms with E-state index >= 15 is 0 Å². The van der Waals surface area contributed by atoms with Gasteiger partial charge in [0.1, 0.15) is 5.72 Å². The van der Waals surface area contributed by atoms with Gasteiger partial charge in [0.05, 0.1) is 11.5 Å². The van der Waals surface area contributed by atoms with Crippen molar-refractivity contribution in [1.82, 2.24) is 9.80 Å². The van der Waals surface area contributed by atoms with E-state index in [-0.39, 0.29) is 17.9 Å². The molecule has 1 unspecified atom stereocenters. The van der Waals surface area contributed by atoms with Crippen LogP contribution in [0.1, 0.15) is 42.1 Å². The molecule has 2 aliphatic rings. The summed E-state index contributed by atoms with van der Waals surface area (Å²) in [6, 6.07) is 3.12. The number of carbonyl (C=O) groups is 2. The number of aryl methyl sites for hydroxylation is 1. The standard InChI is InChI=1S/C19H25N3O6/c1-3-8-20-9-6-19(7-10-20)21(16(12-28-19)18(24)25)17(23)14-5-4-13(2)15(11-14)22(26)27/h4-5,11,16H,3,6-10,12H2,1-2H3,(H,24,25). The molecule has 3 rings (SSSR count). The van der Waals surface area contributed by atoms with E-state index in [1.165, 1.54) is 23.1 Å². The molecule has 2 saturated heterocycles. The van der Waals surface area contributed by atoms with Gasteiger partial charge in [0.15, 0.2) is 6.04 Å². The molecule has 1 atom stereocenters. The van der Waals surface area contributed by atoms with Gasteiger partial charge in [-0.2, -0.15) is 0 Å². The van der Waals surface area contributed by atoms with Crippen LogP contribution in [-0.2, 0) is 9.53 Å². The molecule has 0 bridgehead atoms. The first-order chi connectivity index (χ1) is 13.3. The molecular formula is C19H25N3O6. The SMILES string of the molecule is CCCN1CCC2(CC1)OCC(C(=O)O)N2C(=O)c1ccc(C)c([N+](=O)[O-])c1. The first-order valence-electron chi connectivity index (χ1n) is 9.47. The molecule has 9 nitrogen and oxygen atoms in total. The quantitative estimate of drug-likeness (QED) is 0.603. The highest BCUT2D eigenvalue weighted by Crippen LogP contribution is 2.38. The van der Waals surface area contributed by atoms with Gasteiger partial charge in [0, 0.05) is 43.1 Å². The number of amides is 1. The number of likely N-dealkylation sites (tertiary alicyclic amines) is 1. The maximum atomic E-state index is 13.3. The highest BCUT2D eigenvalue weighted by atomic mass is 16.6. The molecule has 0 aliphatic carbocycles. The van der Waals surface area contributed by atoms with Gasteiger partial charge >= 0.3 is 5.97 Å². The van der Waals surface area contributed by atoms with E-state index in [0.29, 0.717) is 31.5 Å². The number of aliphatic carboxylic acids is 1. The molecule has 2 fully saturated rings. The number of hydrogen-bond donors (Lipinski definition) is 1. The first-order valence-corrected chi connectivity index (χ1v) is 9.47. The van der Waals surface area contributed by atoms with Crippen LogP contribution in [0.15, 0.2) is 18.2 Å². The predicted octanol–water partition coefficient (Wildman–Crippen LogP) is 2.03. The van der Waals surface area contributed by atoms with Crippen molar-refractivity contribution in [3.05, 3.63) is 39.4 Å². The third kappa shape index (κ3) is 3.59. The number of ether oxygens (including phenoxy) is 1. The summed E-state index contributed by atoms with van der Waals surface area (Å²) in [5.74, 6) is -1.68. The number of carboxylic acid groups (broad SMARTS) is 1. The Bertz CT molecular complexity index is 788. The second-order valence-corrected chi connectivity index (χ2v) is 7.39. The van der Waals surface area contributed by atoms with E-state index in [1.807, 2.05) is 0 Å². The summed E-state index contributed by atoms with van der Waals surface area (Å²) in [7, 11) is 0. The number of hydrogen-bond acceptors (Lipinski definition) is 6. The minimum Gasteiger partial charge on any atom is -0.480 e. The summed E-state index contributed by atoms with van der Waals surface area (Å²) < 4.78 is 5.90. The molecule has 0 radical (unpaired) electrons. The monoisotopic (exact) mass is 391 g/mol. The maximum absolute atomic E-state index is 13.3. The van der Waals surface area contributed by atoms with Crippen LogP contribution in [0.25, 0.3) is 0 Å². The summed E-state index contributed by atoms with van der Waals surface area (Å²) in [5, 5.41) is 20.9. The Kier molecular flexibility index (Phi) is 5.66. The summed E-state index contributed by atoms with van der Waals surface area (Å²) >= 11 is 0. The van der Waals surface area contributed by atoms with Crippen molar-refractivity contribution in [3.8, 4) is 0 Å². The van der Waals surface area contributed by atoms with E-state index in [2.05, 4.69) is 11.8 Å². The molecule has 2 aliphatic heterocycles. The molecule has 1 N–H and O–H groups in total. The van der Waals surface area contributed by atoms with Crippen LogP contribution in [-0.4, -0.2) is 69.7 Å². The Hall–Kier alpha value is -2.52. The van der Waals surface area contributed by atoms with Gasteiger partial charge in [-0.05, 0) is 26.0 Å². The smallest absolute Gasteiger partial charge is 0.328 e. The van der Waals surface area contributed by atoms with Crippen LogP contribution in [0.5, 0.6) is 0 Å². The van der Waals surface area contributed by atoms with Crippen LogP contribution < -0.4 is 0 Å². The Balaban J connectivity index is 1.93. The number of carboxylic acids is 1. The number of piperidine rings is 1. The van der Waals surface area contributed by atoms with Crippen molar-refractivity contribution in [1.29, 1.82) is 0 Å². The molecule has 1 aromatic carbocycles. The van der Waals surface area contributed by atoms with Crippen LogP contribution in [0.2, 0.25) is 0 Å². The lowest BCUT2D eigenvalue weighted by atomic mass is 9.96. The largest absolute Gasteiger partial charge is 0.480 e. The summed E-state index contributed by atoms with van der Waals surface area (Å²) in [5.41, 5.74) is -0.602. The molecule has 9 heteroatoms. The van der Waals surface area contributed by atoms with E-state index in [9.17, 15) is 24.8 Å². The minimum absolute atomic E-state index is 0.0805. The molecule has 1 amide bonds. The van der Waals surface area contributed by atoms with Crippen molar-refractivity contribution in [3.63, 3.8) is 0 Å². The highest BCUT2D eigenvalue weighted by molar-refractivity contribution is 5.98. The van der Waals surface area contributed by atoms with Gasteiger partial charge in [0.2, 0.25) is 0 Å². The third-order valence-electron chi connectivity index (χ3n) is 5.59. The average Bonchev–Trinajstić information content (AvgIpc) is 3.02. The lowest BCUT2D eigenvalue weighted by Gasteiger charge is -2.44. The van der Waals surface area contributed by atoms with Crippen molar-refractivity contribution in [2.24, 2.45) is 0 Å². The van der Waals surface area contributed by atoms with E-state index in [1.54, 1.807) is 6.92 Å². The lowest BCUT2D eigenvalue weighted by molar-refractivity contribution is -0.385. The molecule has 152 valence electrons. The number of nitro benzene ring substituents is 1. The first kappa shape index (κ1) is 20.2. The number of nitro groups is 1. The van der Waals surface area contributed by atoms with E-state index in [4.69, 9.17) is 4.74 Å². The Labute approximate surface area is 163 Å². The van der Waals surface area contributed by atoms with Crippen LogP contribution in [0.4, 0.5) is 5.69 Å². The van der Waals surface area contributed by atoms with Crippen molar-refractivity contribution in [2.45, 2.75) is 44.9 Å². The summed E-state index contributed by atoms with van der Waals surface area (Å²) in [6.45, 7) is 5.96. The second-order valence-electron chi connectivity index (χ2n) is 7.39. The minimum atomic E-state index is -1.14. The van der Waals surface area contributed by atoms with Crippen molar-refractivity contribution < 1.29 is 24.4 Å². The number of rotatable bonds is 5. The van der Waals surface area contributed by atoms with Gasteiger partial charge in [-0.3, -0.25) is 19.8 Å². The van der Waals surface area contributed by atoms with Crippen molar-refractivity contribution in [2.75, 3.05) is 26.2 Å². The van der Waals surface area contributed by atoms with Gasteiger partial charge in [0.25, 0.3) is 11.6 Å². The van der Waals surface area contributed by atoms with Gasteiger partial charge in [-0.1, -0.05) is 13.0 Å². The van der Waals surface area contributed by atoms with Gasteiger partial charge in [-0.15, -0.1) is 0 Å². The number of carbonyl (C=O) groups excluding carboxylic acids is 1. The molecule has 28 heavy (non-hydrogen) atoms. The Morgan fingerprint density at radius 3 is 2.61 bits per heavy atom. The van der Waals surface area contributed by atoms with Gasteiger partial charge in [-0.25, -0.2) is 4.79 Å². The van der Waals surface area contributed by atoms with Crippen LogP contribution in [0, 0.1) is 17.0 Å².